The van der Waals surface area contributed by atoms with Crippen LogP contribution in [0.1, 0.15) is 46.0 Å². The molecule has 110 valence electrons. The van der Waals surface area contributed by atoms with E-state index in [4.69, 9.17) is 0 Å². The number of carbonyl (C=O) groups is 2. The molecule has 19 heavy (non-hydrogen) atoms. The van der Waals surface area contributed by atoms with E-state index < -0.39 is 0 Å². The Kier molecular flexibility index (Phi) is 7.48. The molecule has 0 saturated heterocycles. The van der Waals surface area contributed by atoms with E-state index in [1.807, 2.05) is 13.8 Å². The van der Waals surface area contributed by atoms with Crippen LogP contribution in [0.4, 0.5) is 0 Å². The molecular formula is C14H27N3O2. The van der Waals surface area contributed by atoms with E-state index in [9.17, 15) is 9.59 Å². The highest BCUT2D eigenvalue weighted by atomic mass is 16.2. The van der Waals surface area contributed by atoms with Crippen molar-refractivity contribution in [2.75, 3.05) is 19.6 Å². The van der Waals surface area contributed by atoms with Crippen molar-refractivity contribution in [2.45, 2.75) is 52.0 Å². The summed E-state index contributed by atoms with van der Waals surface area (Å²) in [6, 6.07) is -0.0905. The minimum Gasteiger partial charge on any atom is -0.355 e. The molecule has 1 fully saturated rings. The van der Waals surface area contributed by atoms with Gasteiger partial charge in [0, 0.05) is 31.5 Å². The molecule has 5 nitrogen and oxygen atoms in total. The third kappa shape index (κ3) is 6.57. The maximum absolute atomic E-state index is 11.9. The first-order chi connectivity index (χ1) is 9.13. The van der Waals surface area contributed by atoms with E-state index in [1.54, 1.807) is 0 Å². The van der Waals surface area contributed by atoms with Gasteiger partial charge >= 0.3 is 0 Å². The largest absolute Gasteiger partial charge is 0.355 e. The summed E-state index contributed by atoms with van der Waals surface area (Å²) in [4.78, 5) is 23.5. The molecule has 5 heteroatoms. The number of amides is 2. The van der Waals surface area contributed by atoms with Crippen molar-refractivity contribution >= 4 is 11.8 Å². The van der Waals surface area contributed by atoms with Crippen LogP contribution in [-0.4, -0.2) is 37.5 Å². The van der Waals surface area contributed by atoms with Crippen LogP contribution in [0.5, 0.6) is 0 Å². The fourth-order valence-electron chi connectivity index (χ4n) is 2.42. The van der Waals surface area contributed by atoms with Crippen molar-refractivity contribution in [3.63, 3.8) is 0 Å². The van der Waals surface area contributed by atoms with Gasteiger partial charge in [-0.05, 0) is 26.3 Å². The maximum atomic E-state index is 11.9. The van der Waals surface area contributed by atoms with Crippen molar-refractivity contribution < 1.29 is 9.59 Å². The van der Waals surface area contributed by atoms with Gasteiger partial charge < -0.3 is 16.0 Å². The molecule has 0 heterocycles. The molecule has 1 saturated carbocycles. The summed E-state index contributed by atoms with van der Waals surface area (Å²) in [6.07, 6.45) is 4.64. The molecule has 3 N–H and O–H groups in total. The summed E-state index contributed by atoms with van der Waals surface area (Å²) < 4.78 is 0. The predicted octanol–water partition coefficient (Wildman–Crippen LogP) is 0.797. The van der Waals surface area contributed by atoms with Gasteiger partial charge in [0.1, 0.15) is 0 Å². The second-order valence-corrected chi connectivity index (χ2v) is 5.30. The molecule has 1 atom stereocenters. The van der Waals surface area contributed by atoms with E-state index in [0.717, 1.165) is 38.8 Å². The lowest BCUT2D eigenvalue weighted by Gasteiger charge is -2.16. The first-order valence-electron chi connectivity index (χ1n) is 7.41. The first-order valence-corrected chi connectivity index (χ1v) is 7.41. The monoisotopic (exact) mass is 269 g/mol. The molecule has 0 aliphatic heterocycles. The molecule has 2 amide bonds. The number of hydrogen-bond donors (Lipinski definition) is 3. The second kappa shape index (κ2) is 8.91. The Labute approximate surface area is 115 Å². The summed E-state index contributed by atoms with van der Waals surface area (Å²) in [6.45, 7) is 6.24. The van der Waals surface area contributed by atoms with Crippen LogP contribution in [0.2, 0.25) is 0 Å². The minimum atomic E-state index is -0.0905. The average molecular weight is 269 g/mol. The van der Waals surface area contributed by atoms with Crippen LogP contribution in [0.15, 0.2) is 0 Å². The zero-order chi connectivity index (χ0) is 14.1. The number of likely N-dealkylation sites (N-methyl/N-ethyl adjacent to an activating group) is 1. The molecule has 0 aromatic rings. The molecule has 0 radical (unpaired) electrons. The van der Waals surface area contributed by atoms with Crippen molar-refractivity contribution in [3.8, 4) is 0 Å². The van der Waals surface area contributed by atoms with E-state index in [0.29, 0.717) is 13.0 Å². The van der Waals surface area contributed by atoms with E-state index in [-0.39, 0.29) is 23.8 Å². The summed E-state index contributed by atoms with van der Waals surface area (Å²) in [7, 11) is 0. The van der Waals surface area contributed by atoms with Gasteiger partial charge in [-0.3, -0.25) is 9.59 Å². The number of nitrogens with one attached hydrogen (secondary N) is 3. The fraction of sp³-hybridized carbons (Fsp3) is 0.857. The topological polar surface area (TPSA) is 70.2 Å². The Bertz CT molecular complexity index is 288. The fourth-order valence-corrected chi connectivity index (χ4v) is 2.42. The Hall–Kier alpha value is -1.10. The molecule has 0 spiro atoms. The third-order valence-electron chi connectivity index (χ3n) is 3.48. The number of hydrogen-bond acceptors (Lipinski definition) is 3. The predicted molar refractivity (Wildman–Crippen MR) is 75.7 cm³/mol. The van der Waals surface area contributed by atoms with Gasteiger partial charge in [0.25, 0.3) is 0 Å². The van der Waals surface area contributed by atoms with Crippen LogP contribution in [0, 0.1) is 5.92 Å². The van der Waals surface area contributed by atoms with E-state index in [2.05, 4.69) is 16.0 Å². The van der Waals surface area contributed by atoms with E-state index >= 15 is 0 Å². The van der Waals surface area contributed by atoms with Crippen molar-refractivity contribution in [2.24, 2.45) is 5.92 Å². The Morgan fingerprint density at radius 3 is 2.53 bits per heavy atom. The summed E-state index contributed by atoms with van der Waals surface area (Å²) >= 11 is 0. The highest BCUT2D eigenvalue weighted by Gasteiger charge is 2.23. The highest BCUT2D eigenvalue weighted by Crippen LogP contribution is 2.24. The smallest absolute Gasteiger partial charge is 0.223 e. The molecule has 1 aliphatic rings. The Morgan fingerprint density at radius 1 is 1.21 bits per heavy atom. The summed E-state index contributed by atoms with van der Waals surface area (Å²) in [5.41, 5.74) is 0. The van der Waals surface area contributed by atoms with Crippen molar-refractivity contribution in [1.82, 2.24) is 16.0 Å². The molecule has 1 rings (SSSR count). The standard InChI is InChI=1S/C14H27N3O2/c1-3-15-8-9-16-13(18)10-11(2)17-14(19)12-6-4-5-7-12/h11-12,15H,3-10H2,1-2H3,(H,16,18)(H,17,19). The first kappa shape index (κ1) is 16.0. The van der Waals surface area contributed by atoms with Crippen LogP contribution in [-0.2, 0) is 9.59 Å². The molecule has 1 aliphatic carbocycles. The number of carbonyl (C=O) groups excluding carboxylic acids is 2. The lowest BCUT2D eigenvalue weighted by atomic mass is 10.1. The van der Waals surface area contributed by atoms with Gasteiger partial charge in [-0.25, -0.2) is 0 Å². The normalized spacial score (nSPS) is 17.2. The second-order valence-electron chi connectivity index (χ2n) is 5.30. The van der Waals surface area contributed by atoms with Crippen molar-refractivity contribution in [1.29, 1.82) is 0 Å². The molecule has 1 unspecified atom stereocenters. The summed E-state index contributed by atoms with van der Waals surface area (Å²) in [5.74, 6) is 0.279. The zero-order valence-electron chi connectivity index (χ0n) is 12.1. The van der Waals surface area contributed by atoms with Gasteiger partial charge in [0.05, 0.1) is 0 Å². The minimum absolute atomic E-state index is 0.00266. The summed E-state index contributed by atoms with van der Waals surface area (Å²) in [5, 5.41) is 8.92. The van der Waals surface area contributed by atoms with Crippen LogP contribution < -0.4 is 16.0 Å². The third-order valence-corrected chi connectivity index (χ3v) is 3.48. The lowest BCUT2D eigenvalue weighted by molar-refractivity contribution is -0.126. The molecule has 0 aromatic heterocycles. The molecular weight excluding hydrogens is 242 g/mol. The van der Waals surface area contributed by atoms with Gasteiger partial charge in [-0.15, -0.1) is 0 Å². The van der Waals surface area contributed by atoms with Gasteiger partial charge in [0.2, 0.25) is 11.8 Å². The average Bonchev–Trinajstić information content (AvgIpc) is 2.88. The number of rotatable bonds is 8. The SMILES string of the molecule is CCNCCNC(=O)CC(C)NC(=O)C1CCCC1. The van der Waals surface area contributed by atoms with E-state index in [1.165, 1.54) is 0 Å². The Morgan fingerprint density at radius 2 is 1.89 bits per heavy atom. The quantitative estimate of drug-likeness (QED) is 0.571. The van der Waals surface area contributed by atoms with Gasteiger partial charge in [-0.2, -0.15) is 0 Å². The highest BCUT2D eigenvalue weighted by molar-refractivity contribution is 5.81. The van der Waals surface area contributed by atoms with Crippen LogP contribution >= 0.6 is 0 Å². The Balaban J connectivity index is 2.13. The van der Waals surface area contributed by atoms with Gasteiger partial charge in [0.15, 0.2) is 0 Å². The zero-order valence-corrected chi connectivity index (χ0v) is 12.1. The van der Waals surface area contributed by atoms with Crippen molar-refractivity contribution in [3.05, 3.63) is 0 Å². The maximum Gasteiger partial charge on any atom is 0.223 e. The molecule has 0 bridgehead atoms. The van der Waals surface area contributed by atoms with Gasteiger partial charge in [-0.1, -0.05) is 19.8 Å². The molecule has 0 aromatic carbocycles. The van der Waals surface area contributed by atoms with Crippen LogP contribution in [0.3, 0.4) is 0 Å². The lowest BCUT2D eigenvalue weighted by Crippen LogP contribution is -2.40. The van der Waals surface area contributed by atoms with Crippen LogP contribution in [0.25, 0.3) is 0 Å².